The molecule has 1 aromatic heterocycles. The second-order valence-corrected chi connectivity index (χ2v) is 3.63. The van der Waals surface area contributed by atoms with Crippen molar-refractivity contribution in [2.45, 2.75) is 6.10 Å². The van der Waals surface area contributed by atoms with E-state index in [0.717, 1.165) is 6.54 Å². The van der Waals surface area contributed by atoms with Gasteiger partial charge >= 0.3 is 0 Å². The van der Waals surface area contributed by atoms with E-state index in [-0.39, 0.29) is 5.91 Å². The first-order chi connectivity index (χ1) is 8.31. The molecule has 1 aliphatic heterocycles. The Morgan fingerprint density at radius 1 is 1.71 bits per heavy atom. The summed E-state index contributed by atoms with van der Waals surface area (Å²) in [6, 6.07) is 1.69. The van der Waals surface area contributed by atoms with Gasteiger partial charge in [-0.25, -0.2) is 0 Å². The van der Waals surface area contributed by atoms with Crippen LogP contribution >= 0.6 is 0 Å². The third kappa shape index (κ3) is 2.92. The molecule has 0 radical (unpaired) electrons. The number of carbonyl (C=O) groups excluding carboxylic acids is 1. The molecule has 0 spiro atoms. The Morgan fingerprint density at radius 3 is 3.29 bits per heavy atom. The van der Waals surface area contributed by atoms with Crippen LogP contribution in [-0.4, -0.2) is 43.8 Å². The molecule has 0 bridgehead atoms. The van der Waals surface area contributed by atoms with Gasteiger partial charge in [0.25, 0.3) is 5.91 Å². The van der Waals surface area contributed by atoms with Gasteiger partial charge in [0.05, 0.1) is 19.9 Å². The highest BCUT2D eigenvalue weighted by atomic mass is 16.5. The van der Waals surface area contributed by atoms with Crippen LogP contribution in [0.1, 0.15) is 0 Å². The van der Waals surface area contributed by atoms with Crippen LogP contribution in [0.3, 0.4) is 0 Å². The van der Waals surface area contributed by atoms with Crippen LogP contribution in [0.25, 0.3) is 0 Å². The van der Waals surface area contributed by atoms with Gasteiger partial charge in [-0.15, -0.1) is 0 Å². The number of ether oxygens (including phenoxy) is 2. The third-order valence-corrected chi connectivity index (χ3v) is 2.48. The van der Waals surface area contributed by atoms with Gasteiger partial charge in [0, 0.05) is 25.4 Å². The summed E-state index contributed by atoms with van der Waals surface area (Å²) in [5, 5.41) is 5.84. The molecule has 1 aliphatic rings. The minimum Gasteiger partial charge on any atom is -0.494 e. The van der Waals surface area contributed by atoms with Crippen molar-refractivity contribution in [1.82, 2.24) is 10.3 Å². The maximum absolute atomic E-state index is 11.9. The number of morpholine rings is 1. The minimum atomic E-state index is -0.464. The van der Waals surface area contributed by atoms with Gasteiger partial charge in [0.2, 0.25) is 0 Å². The summed E-state index contributed by atoms with van der Waals surface area (Å²) in [4.78, 5) is 15.8. The van der Waals surface area contributed by atoms with Crippen LogP contribution in [-0.2, 0) is 9.53 Å². The molecule has 1 atom stereocenters. The highest BCUT2D eigenvalue weighted by Crippen LogP contribution is 2.21. The maximum atomic E-state index is 11.9. The molecule has 2 rings (SSSR count). The van der Waals surface area contributed by atoms with Crippen LogP contribution < -0.4 is 15.4 Å². The number of anilines is 1. The lowest BCUT2D eigenvalue weighted by molar-refractivity contribution is -0.128. The predicted molar refractivity (Wildman–Crippen MR) is 62.0 cm³/mol. The first-order valence-corrected chi connectivity index (χ1v) is 5.42. The normalized spacial score (nSPS) is 19.7. The van der Waals surface area contributed by atoms with Crippen molar-refractivity contribution >= 4 is 11.6 Å². The van der Waals surface area contributed by atoms with E-state index in [2.05, 4.69) is 15.6 Å². The third-order valence-electron chi connectivity index (χ3n) is 2.48. The molecular weight excluding hydrogens is 222 g/mol. The van der Waals surface area contributed by atoms with E-state index in [1.807, 2.05) is 0 Å². The van der Waals surface area contributed by atoms with Gasteiger partial charge in [0.15, 0.2) is 0 Å². The van der Waals surface area contributed by atoms with Gasteiger partial charge in [-0.2, -0.15) is 0 Å². The first kappa shape index (κ1) is 11.8. The van der Waals surface area contributed by atoms with E-state index >= 15 is 0 Å². The number of carbonyl (C=O) groups is 1. The molecule has 6 nitrogen and oxygen atoms in total. The molecule has 2 N–H and O–H groups in total. The summed E-state index contributed by atoms with van der Waals surface area (Å²) in [5.41, 5.74) is 0.550. The van der Waals surface area contributed by atoms with Crippen LogP contribution in [0.15, 0.2) is 18.5 Å². The summed E-state index contributed by atoms with van der Waals surface area (Å²) < 4.78 is 10.5. The monoisotopic (exact) mass is 237 g/mol. The van der Waals surface area contributed by atoms with Crippen molar-refractivity contribution in [2.75, 3.05) is 32.1 Å². The molecule has 6 heteroatoms. The number of nitrogens with zero attached hydrogens (tertiary/aromatic N) is 1. The fraction of sp³-hybridized carbons (Fsp3) is 0.455. The average Bonchev–Trinajstić information content (AvgIpc) is 2.40. The van der Waals surface area contributed by atoms with Crippen LogP contribution in [0.4, 0.5) is 5.69 Å². The Morgan fingerprint density at radius 2 is 2.59 bits per heavy atom. The maximum Gasteiger partial charge on any atom is 0.254 e. The lowest BCUT2D eigenvalue weighted by Crippen LogP contribution is -2.45. The van der Waals surface area contributed by atoms with Crippen molar-refractivity contribution < 1.29 is 14.3 Å². The average molecular weight is 237 g/mol. The number of methoxy groups -OCH3 is 1. The molecule has 17 heavy (non-hydrogen) atoms. The molecule has 1 aromatic rings. The molecule has 1 amide bonds. The molecule has 92 valence electrons. The molecule has 0 saturated carbocycles. The van der Waals surface area contributed by atoms with Gasteiger partial charge < -0.3 is 20.1 Å². The van der Waals surface area contributed by atoms with Crippen molar-refractivity contribution in [3.63, 3.8) is 0 Å². The quantitative estimate of drug-likeness (QED) is 0.775. The summed E-state index contributed by atoms with van der Waals surface area (Å²) in [5.74, 6) is 0.389. The molecule has 1 saturated heterocycles. The van der Waals surface area contributed by atoms with E-state index in [1.165, 1.54) is 0 Å². The highest BCUT2D eigenvalue weighted by Gasteiger charge is 2.22. The van der Waals surface area contributed by atoms with Gasteiger partial charge in [-0.3, -0.25) is 9.78 Å². The van der Waals surface area contributed by atoms with Crippen LogP contribution in [0, 0.1) is 0 Å². The second kappa shape index (κ2) is 5.60. The Bertz CT molecular complexity index is 391. The lowest BCUT2D eigenvalue weighted by atomic mass is 10.2. The fourth-order valence-electron chi connectivity index (χ4n) is 1.60. The van der Waals surface area contributed by atoms with Gasteiger partial charge in [-0.05, 0) is 0 Å². The number of aromatic nitrogens is 1. The Kier molecular flexibility index (Phi) is 3.89. The molecule has 1 fully saturated rings. The number of amides is 1. The smallest absolute Gasteiger partial charge is 0.254 e. The predicted octanol–water partition coefficient (Wildman–Crippen LogP) is 0.0171. The largest absolute Gasteiger partial charge is 0.494 e. The summed E-state index contributed by atoms with van der Waals surface area (Å²) in [7, 11) is 1.55. The van der Waals surface area contributed by atoms with Crippen molar-refractivity contribution in [3.05, 3.63) is 18.5 Å². The Labute approximate surface area is 99.3 Å². The Balaban J connectivity index is 2.01. The van der Waals surface area contributed by atoms with E-state index in [0.29, 0.717) is 24.6 Å². The number of nitrogens with one attached hydrogen (secondary N) is 2. The molecular formula is C11H15N3O3. The SMILES string of the molecule is COc1ccncc1NC(=O)[C@@H]1CNCCO1. The summed E-state index contributed by atoms with van der Waals surface area (Å²) in [6.45, 7) is 1.84. The second-order valence-electron chi connectivity index (χ2n) is 3.63. The highest BCUT2D eigenvalue weighted by molar-refractivity contribution is 5.95. The number of rotatable bonds is 3. The van der Waals surface area contributed by atoms with Crippen LogP contribution in [0.2, 0.25) is 0 Å². The van der Waals surface area contributed by atoms with Crippen molar-refractivity contribution in [2.24, 2.45) is 0 Å². The molecule has 2 heterocycles. The topological polar surface area (TPSA) is 72.5 Å². The van der Waals surface area contributed by atoms with E-state index < -0.39 is 6.10 Å². The standard InChI is InChI=1S/C11H15N3O3/c1-16-9-2-3-12-6-8(9)14-11(15)10-7-13-4-5-17-10/h2-3,6,10,13H,4-5,7H2,1H3,(H,14,15)/t10-/m0/s1. The zero-order valence-electron chi connectivity index (χ0n) is 9.60. The summed E-state index contributed by atoms with van der Waals surface area (Å²) >= 11 is 0. The number of hydrogen-bond donors (Lipinski definition) is 2. The zero-order valence-corrected chi connectivity index (χ0v) is 9.60. The molecule has 0 aliphatic carbocycles. The number of pyridine rings is 1. The van der Waals surface area contributed by atoms with Crippen LogP contribution in [0.5, 0.6) is 5.75 Å². The van der Waals surface area contributed by atoms with Gasteiger partial charge in [-0.1, -0.05) is 0 Å². The Hall–Kier alpha value is -1.66. The van der Waals surface area contributed by atoms with E-state index in [9.17, 15) is 4.79 Å². The number of hydrogen-bond acceptors (Lipinski definition) is 5. The minimum absolute atomic E-state index is 0.191. The lowest BCUT2D eigenvalue weighted by Gasteiger charge is -2.22. The van der Waals surface area contributed by atoms with E-state index in [4.69, 9.17) is 9.47 Å². The summed E-state index contributed by atoms with van der Waals surface area (Å²) in [6.07, 6.45) is 2.69. The first-order valence-electron chi connectivity index (χ1n) is 5.42. The van der Waals surface area contributed by atoms with Gasteiger partial charge in [0.1, 0.15) is 17.5 Å². The molecule has 0 unspecified atom stereocenters. The van der Waals surface area contributed by atoms with Crippen molar-refractivity contribution in [3.8, 4) is 5.75 Å². The fourth-order valence-corrected chi connectivity index (χ4v) is 1.60. The van der Waals surface area contributed by atoms with Crippen molar-refractivity contribution in [1.29, 1.82) is 0 Å². The molecule has 0 aromatic carbocycles. The zero-order chi connectivity index (χ0) is 12.1. The van der Waals surface area contributed by atoms with E-state index in [1.54, 1.807) is 25.6 Å².